The first kappa shape index (κ1) is 53.6. The molecule has 4 N–H and O–H groups in total. The first-order valence-electron chi connectivity index (χ1n) is 21.4. The Kier molecular flexibility index (Phi) is 20.8. The highest BCUT2D eigenvalue weighted by Gasteiger charge is 2.38. The molecule has 0 saturated heterocycles. The van der Waals surface area contributed by atoms with Gasteiger partial charge in [0.15, 0.2) is 0 Å². The van der Waals surface area contributed by atoms with Gasteiger partial charge in [0.05, 0.1) is 52.3 Å². The van der Waals surface area contributed by atoms with Crippen LogP contribution in [0.2, 0.25) is 0 Å². The zero-order valence-electron chi connectivity index (χ0n) is 37.8. The summed E-state index contributed by atoms with van der Waals surface area (Å²) in [5, 5.41) is 15.3. The second kappa shape index (κ2) is 26.4. The maximum Gasteiger partial charge on any atom is 0.411 e. The van der Waals surface area contributed by atoms with Gasteiger partial charge < -0.3 is 38.8 Å². The molecule has 0 spiro atoms. The summed E-state index contributed by atoms with van der Waals surface area (Å²) < 4.78 is 52.7. The van der Waals surface area contributed by atoms with Crippen LogP contribution in [-0.2, 0) is 63.8 Å². The number of ether oxygens (including phenoxy) is 4. The van der Waals surface area contributed by atoms with Crippen molar-refractivity contribution < 1.29 is 76.0 Å². The van der Waals surface area contributed by atoms with E-state index in [4.69, 9.17) is 24.1 Å². The summed E-state index contributed by atoms with van der Waals surface area (Å²) in [4.78, 5) is 111. The summed E-state index contributed by atoms with van der Waals surface area (Å²) in [6, 6.07) is 13.3. The summed E-state index contributed by atoms with van der Waals surface area (Å²) in [7, 11) is 0. The predicted molar refractivity (Wildman–Crippen MR) is 235 cm³/mol. The molecule has 22 heteroatoms. The van der Waals surface area contributed by atoms with Crippen LogP contribution >= 0.6 is 0 Å². The lowest BCUT2D eigenvalue weighted by Gasteiger charge is -2.41. The smallest absolute Gasteiger partial charge is 0.411 e. The number of hydrogen-bond donors (Lipinski definition) is 4. The molecule has 2 heterocycles. The molecule has 0 aliphatic carbocycles. The Morgan fingerprint density at radius 2 is 1.35 bits per heavy atom. The fraction of sp³-hybridized carbons (Fsp3) is 0.413. The molecule has 0 radical (unpaired) electrons. The van der Waals surface area contributed by atoms with Gasteiger partial charge in [-0.05, 0) is 35.2 Å². The lowest BCUT2D eigenvalue weighted by atomic mass is 9.82. The van der Waals surface area contributed by atoms with Gasteiger partial charge in [0.1, 0.15) is 18.2 Å². The average molecular weight is 953 g/mol. The molecule has 1 aliphatic heterocycles. The minimum absolute atomic E-state index is 0.000318. The highest BCUT2D eigenvalue weighted by molar-refractivity contribution is 6.45. The fourth-order valence-electron chi connectivity index (χ4n) is 6.87. The standard InChI is InChI=1S/C46H54F2N6O14/c1-46(2,3)42(35-25-31(33-26-32(47)9-10-34(33)48)28-52(35)27-30-7-5-4-6-8-30)53(17-15-37(56)51-45(63)64)39(58)12-11-36(55)49-16-18-65-19-20-66-21-22-67-23-24-68-29-38(57)50-43(61)44(62)54-40(59)13-14-41(54)60/h4-10,13-14,25-26,28,42H,11-12,15-24,27,29H2,1-3H3,(H,49,55)(H,51,56)(H,63,64)(H,50,57,61). The molecular formula is C46H54F2N6O14. The van der Waals surface area contributed by atoms with Crippen LogP contribution < -0.4 is 16.0 Å². The van der Waals surface area contributed by atoms with Gasteiger partial charge in [-0.3, -0.25) is 49.0 Å². The lowest BCUT2D eigenvalue weighted by molar-refractivity contribution is -0.156. The number of nitrogens with one attached hydrogen (secondary N) is 3. The van der Waals surface area contributed by atoms with Crippen LogP contribution in [0.4, 0.5) is 13.6 Å². The zero-order valence-corrected chi connectivity index (χ0v) is 37.8. The van der Waals surface area contributed by atoms with Crippen molar-refractivity contribution in [2.75, 3.05) is 65.9 Å². The lowest BCUT2D eigenvalue weighted by Crippen LogP contribution is -2.48. The minimum atomic E-state index is -1.56. The number of aromatic nitrogens is 1. The molecule has 1 unspecified atom stereocenters. The Morgan fingerprint density at radius 1 is 0.735 bits per heavy atom. The predicted octanol–water partition coefficient (Wildman–Crippen LogP) is 2.64. The van der Waals surface area contributed by atoms with Crippen LogP contribution in [0.15, 0.2) is 72.9 Å². The third-order valence-corrected chi connectivity index (χ3v) is 9.87. The third-order valence-electron chi connectivity index (χ3n) is 9.87. The van der Waals surface area contributed by atoms with Crippen LogP contribution in [-0.4, -0.2) is 139 Å². The van der Waals surface area contributed by atoms with Crippen molar-refractivity contribution in [2.45, 2.75) is 52.6 Å². The zero-order chi connectivity index (χ0) is 49.8. The number of benzene rings is 2. The number of halogens is 2. The van der Waals surface area contributed by atoms with Crippen molar-refractivity contribution in [3.8, 4) is 11.1 Å². The fourth-order valence-corrected chi connectivity index (χ4v) is 6.87. The van der Waals surface area contributed by atoms with Crippen molar-refractivity contribution in [3.63, 3.8) is 0 Å². The molecule has 0 saturated carbocycles. The van der Waals surface area contributed by atoms with Gasteiger partial charge in [0.2, 0.25) is 17.7 Å². The Labute approximate surface area is 389 Å². The molecule has 4 rings (SSSR count). The van der Waals surface area contributed by atoms with E-state index in [0.717, 1.165) is 35.9 Å². The molecule has 68 heavy (non-hydrogen) atoms. The Balaban J connectivity index is 1.22. The van der Waals surface area contributed by atoms with E-state index in [1.807, 2.05) is 55.7 Å². The Bertz CT molecular complexity index is 2310. The summed E-state index contributed by atoms with van der Waals surface area (Å²) in [5.41, 5.74) is 0.987. The quantitative estimate of drug-likeness (QED) is 0.0541. The molecular weight excluding hydrogens is 899 g/mol. The summed E-state index contributed by atoms with van der Waals surface area (Å²) in [5.74, 6) is -9.04. The first-order chi connectivity index (χ1) is 32.3. The van der Waals surface area contributed by atoms with Gasteiger partial charge in [-0.2, -0.15) is 0 Å². The number of hydrogen-bond acceptors (Lipinski definition) is 13. The molecule has 1 atom stereocenters. The van der Waals surface area contributed by atoms with Gasteiger partial charge in [-0.25, -0.2) is 18.5 Å². The second-order valence-electron chi connectivity index (χ2n) is 16.1. The summed E-state index contributed by atoms with van der Waals surface area (Å²) in [6.45, 7) is 6.05. The SMILES string of the molecule is CC(C)(C)C(c1cc(-c2cc(F)ccc2F)cn1Cc1ccccc1)N(CCC(=O)NC(=O)O)C(=O)CCC(=O)NCCOCCOCCOCCOCC(=O)NC(=O)C(=O)N1C(=O)C=CC1=O. The number of carboxylic acid groups (broad SMARTS) is 1. The third kappa shape index (κ3) is 17.0. The summed E-state index contributed by atoms with van der Waals surface area (Å²) >= 11 is 0. The molecule has 366 valence electrons. The van der Waals surface area contributed by atoms with Gasteiger partial charge in [-0.15, -0.1) is 0 Å². The van der Waals surface area contributed by atoms with E-state index in [9.17, 15) is 47.5 Å². The van der Waals surface area contributed by atoms with Crippen LogP contribution in [0, 0.1) is 17.0 Å². The van der Waals surface area contributed by atoms with E-state index < -0.39 is 83.0 Å². The van der Waals surface area contributed by atoms with Crippen LogP contribution in [0.3, 0.4) is 0 Å². The second-order valence-corrected chi connectivity index (χ2v) is 16.1. The monoisotopic (exact) mass is 952 g/mol. The molecule has 9 amide bonds. The van der Waals surface area contributed by atoms with E-state index in [2.05, 4.69) is 5.32 Å². The molecule has 3 aromatic rings. The number of rotatable bonds is 25. The number of carbonyl (C=O) groups excluding carboxylic acids is 8. The van der Waals surface area contributed by atoms with Crippen molar-refractivity contribution in [1.29, 1.82) is 0 Å². The van der Waals surface area contributed by atoms with Gasteiger partial charge in [-0.1, -0.05) is 51.1 Å². The first-order valence-corrected chi connectivity index (χ1v) is 21.4. The highest BCUT2D eigenvalue weighted by atomic mass is 19.1. The van der Waals surface area contributed by atoms with Crippen molar-refractivity contribution in [2.24, 2.45) is 5.41 Å². The van der Waals surface area contributed by atoms with Crippen LogP contribution in [0.5, 0.6) is 0 Å². The average Bonchev–Trinajstić information content (AvgIpc) is 3.84. The minimum Gasteiger partial charge on any atom is -0.465 e. The van der Waals surface area contributed by atoms with Crippen LogP contribution in [0.25, 0.3) is 11.1 Å². The van der Waals surface area contributed by atoms with Crippen molar-refractivity contribution in [3.05, 3.63) is 95.8 Å². The molecule has 0 bridgehead atoms. The number of nitrogens with zero attached hydrogens (tertiary/aromatic N) is 3. The van der Waals surface area contributed by atoms with E-state index in [-0.39, 0.29) is 95.6 Å². The van der Waals surface area contributed by atoms with Crippen molar-refractivity contribution >= 4 is 53.4 Å². The molecule has 20 nitrogen and oxygen atoms in total. The number of imide groups is 5. The molecule has 2 aromatic carbocycles. The molecule has 1 aliphatic rings. The van der Waals surface area contributed by atoms with Gasteiger partial charge in [0, 0.05) is 74.1 Å². The van der Waals surface area contributed by atoms with E-state index >= 15 is 4.39 Å². The normalized spacial score (nSPS) is 12.8. The number of amides is 9. The highest BCUT2D eigenvalue weighted by Crippen LogP contribution is 2.41. The van der Waals surface area contributed by atoms with Gasteiger partial charge in [0.25, 0.3) is 17.7 Å². The number of carbonyl (C=O) groups is 9. The topological polar surface area (TPSA) is 258 Å². The van der Waals surface area contributed by atoms with E-state index in [0.29, 0.717) is 11.3 Å². The van der Waals surface area contributed by atoms with Crippen molar-refractivity contribution in [1.82, 2.24) is 30.3 Å². The maximum absolute atomic E-state index is 15.1. The van der Waals surface area contributed by atoms with E-state index in [1.165, 1.54) is 4.90 Å². The molecule has 1 aromatic heterocycles. The molecule has 0 fully saturated rings. The largest absolute Gasteiger partial charge is 0.465 e. The Hall–Kier alpha value is -7.01. The van der Waals surface area contributed by atoms with E-state index in [1.54, 1.807) is 22.9 Å². The summed E-state index contributed by atoms with van der Waals surface area (Å²) in [6.07, 6.45) is 0.834. The maximum atomic E-state index is 15.1. The van der Waals surface area contributed by atoms with Gasteiger partial charge >= 0.3 is 17.9 Å². The van der Waals surface area contributed by atoms with Crippen LogP contribution in [0.1, 0.15) is 57.3 Å². The Morgan fingerprint density at radius 3 is 1.97 bits per heavy atom.